The van der Waals surface area contributed by atoms with Crippen molar-refractivity contribution in [2.45, 2.75) is 30.9 Å². The van der Waals surface area contributed by atoms with Gasteiger partial charge in [0, 0.05) is 28.6 Å². The van der Waals surface area contributed by atoms with Crippen molar-refractivity contribution in [1.29, 1.82) is 0 Å². The number of nitrogens with one attached hydrogen (secondary N) is 1. The molecule has 2 aromatic carbocycles. The van der Waals surface area contributed by atoms with E-state index in [2.05, 4.69) is 15.5 Å². The summed E-state index contributed by atoms with van der Waals surface area (Å²) in [6.45, 7) is 3.29. The van der Waals surface area contributed by atoms with Gasteiger partial charge >= 0.3 is 0 Å². The Labute approximate surface area is 166 Å². The molecule has 0 bridgehead atoms. The van der Waals surface area contributed by atoms with Crippen LogP contribution in [0.3, 0.4) is 0 Å². The van der Waals surface area contributed by atoms with Gasteiger partial charge in [-0.3, -0.25) is 0 Å². The van der Waals surface area contributed by atoms with Gasteiger partial charge in [0.05, 0.1) is 13.7 Å². The Morgan fingerprint density at radius 3 is 2.63 bits per heavy atom. The van der Waals surface area contributed by atoms with Crippen molar-refractivity contribution in [2.24, 2.45) is 0 Å². The molecule has 3 rings (SSSR count). The van der Waals surface area contributed by atoms with Gasteiger partial charge in [-0.25, -0.2) is 4.39 Å². The SMILES string of the molecule is CCn1c(CNc2ccc(OC)cc2)nnc1SCc1c(F)cccc1Cl. The van der Waals surface area contributed by atoms with Crippen LogP contribution in [0.2, 0.25) is 5.02 Å². The number of ether oxygens (including phenoxy) is 1. The lowest BCUT2D eigenvalue weighted by Crippen LogP contribution is -2.08. The predicted molar refractivity (Wildman–Crippen MR) is 107 cm³/mol. The Kier molecular flexibility index (Phi) is 6.58. The highest BCUT2D eigenvalue weighted by molar-refractivity contribution is 7.98. The third kappa shape index (κ3) is 4.73. The zero-order valence-corrected chi connectivity index (χ0v) is 16.6. The number of anilines is 1. The van der Waals surface area contributed by atoms with E-state index >= 15 is 0 Å². The number of aromatic nitrogens is 3. The third-order valence-corrected chi connectivity index (χ3v) is 5.40. The van der Waals surface area contributed by atoms with Gasteiger partial charge in [-0.1, -0.05) is 29.4 Å². The van der Waals surface area contributed by atoms with E-state index in [0.29, 0.717) is 22.9 Å². The van der Waals surface area contributed by atoms with Crippen LogP contribution < -0.4 is 10.1 Å². The van der Waals surface area contributed by atoms with Gasteiger partial charge in [0.15, 0.2) is 11.0 Å². The van der Waals surface area contributed by atoms with E-state index in [1.165, 1.54) is 17.8 Å². The monoisotopic (exact) mass is 406 g/mol. The van der Waals surface area contributed by atoms with Crippen molar-refractivity contribution in [2.75, 3.05) is 12.4 Å². The van der Waals surface area contributed by atoms with Gasteiger partial charge in [-0.2, -0.15) is 0 Å². The van der Waals surface area contributed by atoms with E-state index in [1.54, 1.807) is 19.2 Å². The lowest BCUT2D eigenvalue weighted by Gasteiger charge is -2.10. The summed E-state index contributed by atoms with van der Waals surface area (Å²) in [6.07, 6.45) is 0. The quantitative estimate of drug-likeness (QED) is 0.533. The van der Waals surface area contributed by atoms with E-state index in [1.807, 2.05) is 35.8 Å². The Balaban J connectivity index is 1.67. The molecule has 27 heavy (non-hydrogen) atoms. The number of hydrogen-bond acceptors (Lipinski definition) is 5. The number of hydrogen-bond donors (Lipinski definition) is 1. The molecule has 0 spiro atoms. The first-order valence-electron chi connectivity index (χ1n) is 8.48. The number of benzene rings is 2. The molecule has 0 amide bonds. The van der Waals surface area contributed by atoms with Crippen molar-refractivity contribution < 1.29 is 9.13 Å². The highest BCUT2D eigenvalue weighted by atomic mass is 35.5. The minimum absolute atomic E-state index is 0.307. The van der Waals surface area contributed by atoms with Crippen LogP contribution in [0.15, 0.2) is 47.6 Å². The first-order valence-corrected chi connectivity index (χ1v) is 9.84. The molecule has 1 N–H and O–H groups in total. The first-order chi connectivity index (χ1) is 13.1. The van der Waals surface area contributed by atoms with E-state index in [-0.39, 0.29) is 5.82 Å². The molecule has 0 unspecified atom stereocenters. The lowest BCUT2D eigenvalue weighted by molar-refractivity contribution is 0.415. The number of rotatable bonds is 8. The Bertz CT molecular complexity index is 881. The molecule has 3 aromatic rings. The van der Waals surface area contributed by atoms with Gasteiger partial charge in [-0.05, 0) is 43.3 Å². The number of methoxy groups -OCH3 is 1. The highest BCUT2D eigenvalue weighted by Gasteiger charge is 2.14. The average Bonchev–Trinajstić information content (AvgIpc) is 3.08. The standard InChI is InChI=1S/C19H20ClFN4OS/c1-3-25-18(11-22-13-7-9-14(26-2)10-8-13)23-24-19(25)27-12-15-16(20)5-4-6-17(15)21/h4-10,22H,3,11-12H2,1-2H3. The third-order valence-electron chi connectivity index (χ3n) is 4.06. The summed E-state index contributed by atoms with van der Waals surface area (Å²) in [5.41, 5.74) is 1.45. The summed E-state index contributed by atoms with van der Waals surface area (Å²) >= 11 is 7.52. The predicted octanol–water partition coefficient (Wildman–Crippen LogP) is 5.00. The van der Waals surface area contributed by atoms with Crippen LogP contribution in [0.4, 0.5) is 10.1 Å². The first kappa shape index (κ1) is 19.5. The molecule has 0 saturated carbocycles. The fraction of sp³-hybridized carbons (Fsp3) is 0.263. The molecular formula is C19H20ClFN4OS. The van der Waals surface area contributed by atoms with E-state index in [9.17, 15) is 4.39 Å². The van der Waals surface area contributed by atoms with Gasteiger partial charge in [-0.15, -0.1) is 10.2 Å². The molecular weight excluding hydrogens is 387 g/mol. The lowest BCUT2D eigenvalue weighted by atomic mass is 10.2. The second kappa shape index (κ2) is 9.10. The van der Waals surface area contributed by atoms with Crippen LogP contribution in [-0.4, -0.2) is 21.9 Å². The smallest absolute Gasteiger partial charge is 0.191 e. The van der Waals surface area contributed by atoms with Gasteiger partial charge in [0.25, 0.3) is 0 Å². The molecule has 0 atom stereocenters. The maximum Gasteiger partial charge on any atom is 0.191 e. The zero-order valence-electron chi connectivity index (χ0n) is 15.1. The maximum absolute atomic E-state index is 13.9. The summed E-state index contributed by atoms with van der Waals surface area (Å²) < 4.78 is 21.1. The average molecular weight is 407 g/mol. The number of halogens is 2. The summed E-state index contributed by atoms with van der Waals surface area (Å²) in [6, 6.07) is 12.4. The highest BCUT2D eigenvalue weighted by Crippen LogP contribution is 2.28. The summed E-state index contributed by atoms with van der Waals surface area (Å²) in [4.78, 5) is 0. The summed E-state index contributed by atoms with van der Waals surface area (Å²) in [5, 5.41) is 13.0. The topological polar surface area (TPSA) is 52.0 Å². The number of thioether (sulfide) groups is 1. The summed E-state index contributed by atoms with van der Waals surface area (Å²) in [5.74, 6) is 1.72. The Morgan fingerprint density at radius 2 is 1.96 bits per heavy atom. The molecule has 8 heteroatoms. The number of nitrogens with zero attached hydrogens (tertiary/aromatic N) is 3. The van der Waals surface area contributed by atoms with Gasteiger partial charge < -0.3 is 14.6 Å². The second-order valence-electron chi connectivity index (χ2n) is 5.71. The maximum atomic E-state index is 13.9. The molecule has 0 aliphatic carbocycles. The molecule has 0 aliphatic rings. The van der Waals surface area contributed by atoms with Crippen LogP contribution in [-0.2, 0) is 18.8 Å². The van der Waals surface area contributed by atoms with E-state index < -0.39 is 0 Å². The molecule has 0 radical (unpaired) electrons. The van der Waals surface area contributed by atoms with Crippen molar-refractivity contribution in [3.63, 3.8) is 0 Å². The fourth-order valence-electron chi connectivity index (χ4n) is 2.57. The van der Waals surface area contributed by atoms with Gasteiger partial charge in [0.1, 0.15) is 11.6 Å². The zero-order chi connectivity index (χ0) is 19.2. The molecule has 0 aliphatic heterocycles. The van der Waals surface area contributed by atoms with Gasteiger partial charge in [0.2, 0.25) is 0 Å². The van der Waals surface area contributed by atoms with E-state index in [0.717, 1.165) is 29.0 Å². The van der Waals surface area contributed by atoms with Crippen LogP contribution in [0.5, 0.6) is 5.75 Å². The second-order valence-corrected chi connectivity index (χ2v) is 7.06. The molecule has 0 fully saturated rings. The fourth-order valence-corrected chi connectivity index (χ4v) is 3.94. The van der Waals surface area contributed by atoms with Crippen LogP contribution in [0.25, 0.3) is 0 Å². The van der Waals surface area contributed by atoms with Crippen LogP contribution >= 0.6 is 23.4 Å². The normalized spacial score (nSPS) is 10.8. The molecule has 5 nitrogen and oxygen atoms in total. The van der Waals surface area contributed by atoms with Crippen LogP contribution in [0.1, 0.15) is 18.3 Å². The molecule has 1 heterocycles. The Hall–Kier alpha value is -2.25. The molecule has 142 valence electrons. The van der Waals surface area contributed by atoms with Crippen molar-refractivity contribution in [3.05, 3.63) is 64.7 Å². The summed E-state index contributed by atoms with van der Waals surface area (Å²) in [7, 11) is 1.64. The Morgan fingerprint density at radius 1 is 1.19 bits per heavy atom. The minimum atomic E-state index is -0.307. The van der Waals surface area contributed by atoms with Crippen LogP contribution in [0, 0.1) is 5.82 Å². The molecule has 1 aromatic heterocycles. The van der Waals surface area contributed by atoms with E-state index in [4.69, 9.17) is 16.3 Å². The van der Waals surface area contributed by atoms with Crippen molar-refractivity contribution in [1.82, 2.24) is 14.8 Å². The largest absolute Gasteiger partial charge is 0.497 e. The molecule has 0 saturated heterocycles. The van der Waals surface area contributed by atoms with Crippen molar-refractivity contribution >= 4 is 29.1 Å². The van der Waals surface area contributed by atoms with Crippen molar-refractivity contribution in [3.8, 4) is 5.75 Å². The minimum Gasteiger partial charge on any atom is -0.497 e.